The van der Waals surface area contributed by atoms with Crippen LogP contribution < -0.4 is 15.0 Å². The zero-order valence-electron chi connectivity index (χ0n) is 17.8. The number of amides is 2. The predicted octanol–water partition coefficient (Wildman–Crippen LogP) is 3.92. The van der Waals surface area contributed by atoms with E-state index in [1.54, 1.807) is 28.9 Å². The second-order valence-corrected chi connectivity index (χ2v) is 7.78. The first kappa shape index (κ1) is 21.7. The number of piperazine rings is 1. The summed E-state index contributed by atoms with van der Waals surface area (Å²) in [4.78, 5) is 21.1. The van der Waals surface area contributed by atoms with Crippen molar-refractivity contribution >= 4 is 28.4 Å². The van der Waals surface area contributed by atoms with Gasteiger partial charge in [-0.25, -0.2) is 9.78 Å². The number of carbonyl (C=O) groups is 1. The second kappa shape index (κ2) is 8.21. The zero-order chi connectivity index (χ0) is 23.0. The largest absolute Gasteiger partial charge is 0.573 e. The Morgan fingerprint density at radius 3 is 2.72 bits per heavy atom. The highest BCUT2D eigenvalue weighted by molar-refractivity contribution is 5.91. The molecule has 0 unspecified atom stereocenters. The lowest BCUT2D eigenvalue weighted by molar-refractivity contribution is -0.274. The minimum atomic E-state index is -4.76. The maximum atomic E-state index is 12.8. The summed E-state index contributed by atoms with van der Waals surface area (Å²) in [6.45, 7) is 5.26. The number of carbonyl (C=O) groups excluding carboxylic acids is 1. The molecule has 0 spiro atoms. The number of halogens is 3. The molecule has 170 valence electrons. The Morgan fingerprint density at radius 1 is 1.25 bits per heavy atom. The summed E-state index contributed by atoms with van der Waals surface area (Å²) in [6, 6.07) is 5.52. The summed E-state index contributed by atoms with van der Waals surface area (Å²) in [5, 5.41) is 8.02. The Bertz CT molecular complexity index is 1150. The molecule has 1 aliphatic heterocycles. The molecule has 1 N–H and O–H groups in total. The lowest BCUT2D eigenvalue weighted by Crippen LogP contribution is -2.54. The first-order chi connectivity index (χ1) is 15.1. The zero-order valence-corrected chi connectivity index (χ0v) is 17.8. The number of anilines is 2. The van der Waals surface area contributed by atoms with Crippen LogP contribution in [-0.2, 0) is 7.05 Å². The van der Waals surface area contributed by atoms with E-state index in [9.17, 15) is 18.0 Å². The average molecular weight is 448 g/mol. The number of nitrogens with one attached hydrogen (secondary N) is 1. The minimum Gasteiger partial charge on any atom is -0.406 e. The molecule has 1 aromatic carbocycles. The lowest BCUT2D eigenvalue weighted by atomic mass is 10.1. The maximum absolute atomic E-state index is 12.8. The molecule has 0 aliphatic carbocycles. The molecule has 32 heavy (non-hydrogen) atoms. The summed E-state index contributed by atoms with van der Waals surface area (Å²) in [5.41, 5.74) is 2.73. The first-order valence-electron chi connectivity index (χ1n) is 10.1. The molecule has 3 heterocycles. The van der Waals surface area contributed by atoms with Gasteiger partial charge in [0.2, 0.25) is 0 Å². The number of aromatic nitrogens is 3. The number of hydrogen-bond acceptors (Lipinski definition) is 5. The van der Waals surface area contributed by atoms with Crippen molar-refractivity contribution in [3.8, 4) is 5.75 Å². The van der Waals surface area contributed by atoms with Crippen LogP contribution in [0.15, 0.2) is 36.7 Å². The molecule has 0 bridgehead atoms. The van der Waals surface area contributed by atoms with Crippen LogP contribution in [0.2, 0.25) is 0 Å². The van der Waals surface area contributed by atoms with Gasteiger partial charge in [-0.2, -0.15) is 5.10 Å². The molecule has 1 fully saturated rings. The smallest absolute Gasteiger partial charge is 0.406 e. The van der Waals surface area contributed by atoms with E-state index in [0.29, 0.717) is 30.9 Å². The Hall–Kier alpha value is -3.50. The van der Waals surface area contributed by atoms with Gasteiger partial charge >= 0.3 is 12.4 Å². The molecular weight excluding hydrogens is 425 g/mol. The molecule has 2 amide bonds. The van der Waals surface area contributed by atoms with E-state index in [4.69, 9.17) is 0 Å². The monoisotopic (exact) mass is 448 g/mol. The van der Waals surface area contributed by atoms with Crippen molar-refractivity contribution in [1.82, 2.24) is 19.7 Å². The van der Waals surface area contributed by atoms with Gasteiger partial charge in [-0.15, -0.1) is 13.2 Å². The van der Waals surface area contributed by atoms with Gasteiger partial charge in [-0.1, -0.05) is 0 Å². The Kier molecular flexibility index (Phi) is 5.57. The fourth-order valence-electron chi connectivity index (χ4n) is 3.95. The van der Waals surface area contributed by atoms with Gasteiger partial charge in [0.1, 0.15) is 5.75 Å². The van der Waals surface area contributed by atoms with Gasteiger partial charge in [0.05, 0.1) is 17.3 Å². The molecular formula is C21H23F3N6O2. The normalized spacial score (nSPS) is 17.0. The van der Waals surface area contributed by atoms with Crippen LogP contribution in [0, 0.1) is 6.92 Å². The van der Waals surface area contributed by atoms with Gasteiger partial charge in [0, 0.05) is 44.6 Å². The molecule has 0 radical (unpaired) electrons. The summed E-state index contributed by atoms with van der Waals surface area (Å²) in [5.74, 6) is -0.325. The molecule has 3 aromatic rings. The number of rotatable bonds is 3. The van der Waals surface area contributed by atoms with E-state index in [-0.39, 0.29) is 17.8 Å². The van der Waals surface area contributed by atoms with Crippen LogP contribution >= 0.6 is 0 Å². The van der Waals surface area contributed by atoms with Crippen molar-refractivity contribution in [3.05, 3.63) is 42.2 Å². The number of benzene rings is 1. The highest BCUT2D eigenvalue weighted by atomic mass is 19.4. The molecule has 8 nitrogen and oxygen atoms in total. The Labute approximate surface area is 182 Å². The van der Waals surface area contributed by atoms with Gasteiger partial charge in [0.25, 0.3) is 0 Å². The third-order valence-electron chi connectivity index (χ3n) is 5.51. The lowest BCUT2D eigenvalue weighted by Gasteiger charge is -2.41. The molecule has 1 saturated heterocycles. The van der Waals surface area contributed by atoms with Crippen molar-refractivity contribution in [2.24, 2.45) is 7.05 Å². The molecule has 1 aliphatic rings. The highest BCUT2D eigenvalue weighted by Gasteiger charge is 2.31. The van der Waals surface area contributed by atoms with E-state index in [1.807, 2.05) is 20.0 Å². The fraction of sp³-hybridized carbons (Fsp3) is 0.381. The Balaban J connectivity index is 1.43. The van der Waals surface area contributed by atoms with E-state index in [0.717, 1.165) is 16.7 Å². The number of alkyl halides is 3. The van der Waals surface area contributed by atoms with E-state index in [1.165, 1.54) is 18.2 Å². The van der Waals surface area contributed by atoms with Crippen LogP contribution in [0.4, 0.5) is 29.3 Å². The standard InChI is InChI=1S/C21H23F3N6O2/c1-13-10-15(32-21(22,23)24)4-5-17(13)27-20(31)29-8-9-30(14(2)12-29)18-6-7-25-19-16(18)11-26-28(19)3/h4-7,10-11,14H,8-9,12H2,1-3H3,(H,27,31)/t14-/m0/s1. The number of hydrogen-bond donors (Lipinski definition) is 1. The van der Waals surface area contributed by atoms with Crippen LogP contribution in [0.5, 0.6) is 5.75 Å². The van der Waals surface area contributed by atoms with Crippen LogP contribution in [0.1, 0.15) is 12.5 Å². The fourth-order valence-corrected chi connectivity index (χ4v) is 3.95. The van der Waals surface area contributed by atoms with Crippen molar-refractivity contribution < 1.29 is 22.7 Å². The van der Waals surface area contributed by atoms with E-state index in [2.05, 4.69) is 25.0 Å². The van der Waals surface area contributed by atoms with Gasteiger partial charge in [0.15, 0.2) is 5.65 Å². The number of pyridine rings is 1. The second-order valence-electron chi connectivity index (χ2n) is 7.78. The first-order valence-corrected chi connectivity index (χ1v) is 10.1. The average Bonchev–Trinajstić information content (AvgIpc) is 3.10. The number of urea groups is 1. The summed E-state index contributed by atoms with van der Waals surface area (Å²) < 4.78 is 42.8. The van der Waals surface area contributed by atoms with Crippen molar-refractivity contribution in [2.45, 2.75) is 26.3 Å². The molecule has 4 rings (SSSR count). The van der Waals surface area contributed by atoms with Crippen LogP contribution in [0.3, 0.4) is 0 Å². The van der Waals surface area contributed by atoms with Crippen LogP contribution in [-0.4, -0.2) is 57.7 Å². The van der Waals surface area contributed by atoms with Gasteiger partial charge < -0.3 is 19.9 Å². The number of aryl methyl sites for hydroxylation is 2. The third kappa shape index (κ3) is 4.41. The highest BCUT2D eigenvalue weighted by Crippen LogP contribution is 2.29. The minimum absolute atomic E-state index is 0.0453. The maximum Gasteiger partial charge on any atom is 0.573 e. The van der Waals surface area contributed by atoms with Crippen LogP contribution in [0.25, 0.3) is 11.0 Å². The van der Waals surface area contributed by atoms with E-state index < -0.39 is 6.36 Å². The SMILES string of the molecule is Cc1cc(OC(F)(F)F)ccc1NC(=O)N1CCN(c2ccnc3c2cnn3C)[C@@H](C)C1. The topological polar surface area (TPSA) is 75.5 Å². The van der Waals surface area contributed by atoms with Crippen molar-refractivity contribution in [2.75, 3.05) is 29.9 Å². The summed E-state index contributed by atoms with van der Waals surface area (Å²) in [7, 11) is 1.84. The molecule has 2 aromatic heterocycles. The van der Waals surface area contributed by atoms with E-state index >= 15 is 0 Å². The Morgan fingerprint density at radius 2 is 2.03 bits per heavy atom. The number of ether oxygens (including phenoxy) is 1. The molecule has 11 heteroatoms. The molecule has 0 saturated carbocycles. The van der Waals surface area contributed by atoms with Crippen molar-refractivity contribution in [3.63, 3.8) is 0 Å². The van der Waals surface area contributed by atoms with Gasteiger partial charge in [-0.3, -0.25) is 4.68 Å². The quantitative estimate of drug-likeness (QED) is 0.658. The summed E-state index contributed by atoms with van der Waals surface area (Å²) >= 11 is 0. The number of fused-ring (bicyclic) bond motifs is 1. The number of nitrogens with zero attached hydrogens (tertiary/aromatic N) is 5. The van der Waals surface area contributed by atoms with Gasteiger partial charge in [-0.05, 0) is 43.7 Å². The van der Waals surface area contributed by atoms with Crippen molar-refractivity contribution in [1.29, 1.82) is 0 Å². The molecule has 1 atom stereocenters. The third-order valence-corrected chi connectivity index (χ3v) is 5.51. The summed E-state index contributed by atoms with van der Waals surface area (Å²) in [6.07, 6.45) is -1.22. The predicted molar refractivity (Wildman–Crippen MR) is 114 cm³/mol.